The fourth-order valence-electron chi connectivity index (χ4n) is 4.40. The number of hydrogen-bond acceptors (Lipinski definition) is 2. The highest BCUT2D eigenvalue weighted by Gasteiger charge is 2.31. The first-order valence-electron chi connectivity index (χ1n) is 12.7. The summed E-state index contributed by atoms with van der Waals surface area (Å²) in [5, 5.41) is 10.3. The molecule has 0 radical (unpaired) electrons. The number of aromatic nitrogens is 2. The van der Waals surface area contributed by atoms with Crippen LogP contribution in [0.1, 0.15) is 120 Å². The second-order valence-electron chi connectivity index (χ2n) is 11.1. The summed E-state index contributed by atoms with van der Waals surface area (Å²) in [7, 11) is 0. The van der Waals surface area contributed by atoms with Crippen LogP contribution in [0.3, 0.4) is 0 Å². The van der Waals surface area contributed by atoms with E-state index < -0.39 is 5.97 Å². The zero-order valence-corrected chi connectivity index (χ0v) is 22.2. The van der Waals surface area contributed by atoms with Crippen molar-refractivity contribution in [3.63, 3.8) is 0 Å². The summed E-state index contributed by atoms with van der Waals surface area (Å²) in [5.74, 6) is -0.299. The number of carboxylic acid groups (broad SMARTS) is 1. The van der Waals surface area contributed by atoms with Crippen molar-refractivity contribution in [2.75, 3.05) is 0 Å². The average Bonchev–Trinajstić information content (AvgIpc) is 3.14. The van der Waals surface area contributed by atoms with Gasteiger partial charge in [-0.15, -0.1) is 0 Å². The summed E-state index contributed by atoms with van der Waals surface area (Å²) < 4.78 is 4.78. The van der Waals surface area contributed by atoms with Gasteiger partial charge in [0.05, 0.1) is 6.54 Å². The molecule has 0 saturated heterocycles. The molecule has 0 aliphatic rings. The highest BCUT2D eigenvalue weighted by molar-refractivity contribution is 5.67. The van der Waals surface area contributed by atoms with E-state index in [1.807, 2.05) is 6.92 Å². The van der Waals surface area contributed by atoms with Gasteiger partial charge in [0.1, 0.15) is 17.9 Å². The first-order valence-corrected chi connectivity index (χ1v) is 12.7. The van der Waals surface area contributed by atoms with E-state index in [-0.39, 0.29) is 11.5 Å². The number of carboxylic acids is 1. The second kappa shape index (κ2) is 14.7. The van der Waals surface area contributed by atoms with E-state index in [9.17, 15) is 9.90 Å². The van der Waals surface area contributed by atoms with Crippen molar-refractivity contribution in [2.24, 2.45) is 17.3 Å². The SMILES string of the molecule is CCCCC(CC)C(=O)[O-].CCCCC(CC)C[n+]1ccn(C(C)(C)CC(C)(C)C)c1. The third-order valence-electron chi connectivity index (χ3n) is 6.10. The van der Waals surface area contributed by atoms with E-state index in [4.69, 9.17) is 0 Å². The number of carbonyl (C=O) groups excluding carboxylic acids is 1. The molecule has 4 nitrogen and oxygen atoms in total. The van der Waals surface area contributed by atoms with Crippen LogP contribution < -0.4 is 9.67 Å². The van der Waals surface area contributed by atoms with Crippen LogP contribution in [0.5, 0.6) is 0 Å². The van der Waals surface area contributed by atoms with Gasteiger partial charge in [-0.25, -0.2) is 9.13 Å². The van der Waals surface area contributed by atoms with Crippen molar-refractivity contribution in [1.82, 2.24) is 4.57 Å². The van der Waals surface area contributed by atoms with E-state index in [1.165, 1.54) is 32.1 Å². The number of rotatable bonds is 13. The van der Waals surface area contributed by atoms with Gasteiger partial charge in [0.15, 0.2) is 0 Å². The van der Waals surface area contributed by atoms with Gasteiger partial charge in [0.2, 0.25) is 6.33 Å². The monoisotopic (exact) mass is 436 g/mol. The topological polar surface area (TPSA) is 48.9 Å². The molecule has 0 amide bonds. The predicted octanol–water partition coefficient (Wildman–Crippen LogP) is 6.12. The Bertz CT molecular complexity index is 599. The first kappa shape index (κ1) is 29.7. The average molecular weight is 437 g/mol. The largest absolute Gasteiger partial charge is 0.550 e. The number of unbranched alkanes of at least 4 members (excludes halogenated alkanes) is 2. The number of imidazole rings is 1. The Hall–Kier alpha value is -1.32. The van der Waals surface area contributed by atoms with Gasteiger partial charge < -0.3 is 9.90 Å². The summed E-state index contributed by atoms with van der Waals surface area (Å²) in [6, 6.07) is 0. The summed E-state index contributed by atoms with van der Waals surface area (Å²) in [6.07, 6.45) is 16.8. The maximum atomic E-state index is 10.3. The van der Waals surface area contributed by atoms with Crippen LogP contribution in [0.2, 0.25) is 0 Å². The molecule has 0 spiro atoms. The molecule has 0 N–H and O–H groups in total. The fourth-order valence-corrected chi connectivity index (χ4v) is 4.40. The van der Waals surface area contributed by atoms with Crippen molar-refractivity contribution < 1.29 is 14.5 Å². The minimum Gasteiger partial charge on any atom is -0.550 e. The summed E-state index contributed by atoms with van der Waals surface area (Å²) in [6.45, 7) is 21.4. The van der Waals surface area contributed by atoms with E-state index in [2.05, 4.69) is 83.2 Å². The number of hydrogen-bond donors (Lipinski definition) is 0. The molecule has 2 atom stereocenters. The normalized spacial score (nSPS) is 14.0. The maximum Gasteiger partial charge on any atom is 0.244 e. The second-order valence-corrected chi connectivity index (χ2v) is 11.1. The third-order valence-corrected chi connectivity index (χ3v) is 6.10. The number of aliphatic carboxylic acids is 1. The zero-order valence-electron chi connectivity index (χ0n) is 22.2. The van der Waals surface area contributed by atoms with Crippen molar-refractivity contribution in [2.45, 2.75) is 132 Å². The van der Waals surface area contributed by atoms with Gasteiger partial charge in [0, 0.05) is 5.97 Å². The molecule has 1 aromatic heterocycles. The molecular formula is C27H52N2O2. The van der Waals surface area contributed by atoms with Gasteiger partial charge in [0.25, 0.3) is 0 Å². The maximum absolute atomic E-state index is 10.3. The molecule has 0 saturated carbocycles. The van der Waals surface area contributed by atoms with Gasteiger partial charge in [-0.2, -0.15) is 0 Å². The Morgan fingerprint density at radius 2 is 1.55 bits per heavy atom. The van der Waals surface area contributed by atoms with Crippen molar-refractivity contribution >= 4 is 5.97 Å². The molecule has 0 aromatic carbocycles. The molecule has 4 heteroatoms. The predicted molar refractivity (Wildman–Crippen MR) is 130 cm³/mol. The highest BCUT2D eigenvalue weighted by atomic mass is 16.4. The lowest BCUT2D eigenvalue weighted by atomic mass is 9.82. The van der Waals surface area contributed by atoms with Gasteiger partial charge in [-0.3, -0.25) is 0 Å². The van der Waals surface area contributed by atoms with Crippen LogP contribution in [-0.4, -0.2) is 10.5 Å². The quantitative estimate of drug-likeness (QED) is 0.350. The number of nitrogens with zero attached hydrogens (tertiary/aromatic N) is 2. The summed E-state index contributed by atoms with van der Waals surface area (Å²) >= 11 is 0. The Balaban J connectivity index is 0.000000759. The summed E-state index contributed by atoms with van der Waals surface area (Å²) in [5.41, 5.74) is 0.528. The van der Waals surface area contributed by atoms with Crippen molar-refractivity contribution in [1.29, 1.82) is 0 Å². The molecule has 1 rings (SSSR count). The van der Waals surface area contributed by atoms with Crippen LogP contribution in [0.25, 0.3) is 0 Å². The molecule has 0 aliphatic heterocycles. The van der Waals surface area contributed by atoms with Gasteiger partial charge >= 0.3 is 0 Å². The summed E-state index contributed by atoms with van der Waals surface area (Å²) in [4.78, 5) is 10.3. The van der Waals surface area contributed by atoms with Crippen LogP contribution in [0.15, 0.2) is 18.7 Å². The lowest BCUT2D eigenvalue weighted by Crippen LogP contribution is -2.37. The number of carbonyl (C=O) groups is 1. The standard InChI is InChI=1S/C19H37N2.C8H16O2/c1-8-10-11-17(9-2)14-20-12-13-21(16-20)19(6,7)15-18(3,4)5;1-3-5-6-7(4-2)8(9)10/h12-13,16-17H,8-11,14-15H2,1-7H3;7H,3-6H2,1-2H3,(H,9,10)/q+1;/p-1. The van der Waals surface area contributed by atoms with Gasteiger partial charge in [-0.1, -0.05) is 74.1 Å². The van der Waals surface area contributed by atoms with E-state index >= 15 is 0 Å². The lowest BCUT2D eigenvalue weighted by molar-refractivity contribution is -0.703. The Morgan fingerprint density at radius 3 is 2.00 bits per heavy atom. The van der Waals surface area contributed by atoms with E-state index in [0.29, 0.717) is 11.8 Å². The van der Waals surface area contributed by atoms with E-state index in [1.54, 1.807) is 0 Å². The van der Waals surface area contributed by atoms with Crippen LogP contribution in [-0.2, 0) is 16.9 Å². The molecule has 1 heterocycles. The molecular weight excluding hydrogens is 384 g/mol. The third kappa shape index (κ3) is 13.0. The Kier molecular flexibility index (Phi) is 14.1. The van der Waals surface area contributed by atoms with Crippen LogP contribution in [0, 0.1) is 17.3 Å². The Labute approximate surface area is 193 Å². The highest BCUT2D eigenvalue weighted by Crippen LogP contribution is 2.31. The smallest absolute Gasteiger partial charge is 0.244 e. The molecule has 31 heavy (non-hydrogen) atoms. The molecule has 0 aliphatic carbocycles. The van der Waals surface area contributed by atoms with Crippen LogP contribution in [0.4, 0.5) is 0 Å². The fraction of sp³-hybridized carbons (Fsp3) is 0.852. The molecule has 2 unspecified atom stereocenters. The molecule has 1 aromatic rings. The zero-order chi connectivity index (χ0) is 24.1. The van der Waals surface area contributed by atoms with E-state index in [0.717, 1.165) is 31.7 Å². The van der Waals surface area contributed by atoms with Crippen molar-refractivity contribution in [3.05, 3.63) is 18.7 Å². The minimum atomic E-state index is -0.893. The Morgan fingerprint density at radius 1 is 0.968 bits per heavy atom. The first-order chi connectivity index (χ1) is 14.4. The van der Waals surface area contributed by atoms with Gasteiger partial charge in [-0.05, 0) is 63.2 Å². The van der Waals surface area contributed by atoms with Crippen LogP contribution >= 0.6 is 0 Å². The van der Waals surface area contributed by atoms with Crippen molar-refractivity contribution in [3.8, 4) is 0 Å². The lowest BCUT2D eigenvalue weighted by Gasteiger charge is -2.29. The molecule has 0 bridgehead atoms. The molecule has 182 valence electrons. The molecule has 0 fully saturated rings. The minimum absolute atomic E-state index is 0.175.